The Morgan fingerprint density at radius 3 is 2.94 bits per heavy atom. The largest absolute Gasteiger partial charge is 0.386 e. The van der Waals surface area contributed by atoms with Crippen LogP contribution in [0.25, 0.3) is 0 Å². The second-order valence-corrected chi connectivity index (χ2v) is 3.16. The second kappa shape index (κ2) is 6.10. The topological polar surface area (TPSA) is 68.9 Å². The van der Waals surface area contributed by atoms with Gasteiger partial charge in [0.05, 0.1) is 0 Å². The zero-order valence-corrected chi connectivity index (χ0v) is 8.40. The Morgan fingerprint density at radius 1 is 1.56 bits per heavy atom. The Labute approximate surface area is 91.5 Å². The van der Waals surface area contributed by atoms with Gasteiger partial charge >= 0.3 is 0 Å². The third-order valence-electron chi connectivity index (χ3n) is 1.96. The quantitative estimate of drug-likeness (QED) is 0.775. The van der Waals surface area contributed by atoms with Crippen LogP contribution in [0.15, 0.2) is 18.3 Å². The van der Waals surface area contributed by atoms with Gasteiger partial charge < -0.3 is 10.4 Å². The molecule has 0 amide bonds. The summed E-state index contributed by atoms with van der Waals surface area (Å²) < 4.78 is 23.9. The average molecular weight is 227 g/mol. The highest BCUT2D eigenvalue weighted by atomic mass is 19.3. The Kier molecular flexibility index (Phi) is 4.76. The molecule has 6 heteroatoms. The van der Waals surface area contributed by atoms with Crippen LogP contribution in [0.2, 0.25) is 0 Å². The van der Waals surface area contributed by atoms with Crippen molar-refractivity contribution in [3.63, 3.8) is 0 Å². The Hall–Kier alpha value is -1.58. The van der Waals surface area contributed by atoms with Crippen LogP contribution in [0.4, 0.5) is 8.78 Å². The van der Waals surface area contributed by atoms with Gasteiger partial charge in [-0.05, 0) is 6.07 Å². The van der Waals surface area contributed by atoms with Gasteiger partial charge in [-0.3, -0.25) is 0 Å². The van der Waals surface area contributed by atoms with Gasteiger partial charge in [-0.25, -0.2) is 13.8 Å². The summed E-state index contributed by atoms with van der Waals surface area (Å²) in [5.74, 6) is 0. The molecule has 0 saturated carbocycles. The maximum absolute atomic E-state index is 11.9. The van der Waals surface area contributed by atoms with Crippen LogP contribution >= 0.6 is 0 Å². The van der Waals surface area contributed by atoms with E-state index in [0.29, 0.717) is 5.56 Å². The molecule has 0 fully saturated rings. The zero-order chi connectivity index (χ0) is 12.0. The number of rotatable bonds is 5. The molecule has 1 heterocycles. The number of hydrogen-bond acceptors (Lipinski definition) is 4. The minimum Gasteiger partial charge on any atom is -0.386 e. The standard InChI is InChI=1S/C10H11F2N3O/c11-10(12)9(16)6-14-5-7-2-1-3-15-8(7)4-13/h1-3,9-10,14,16H,5-6H2. The fourth-order valence-corrected chi connectivity index (χ4v) is 1.13. The number of pyridine rings is 1. The average Bonchev–Trinajstić information content (AvgIpc) is 2.29. The molecule has 0 aliphatic heterocycles. The molecule has 86 valence electrons. The van der Waals surface area contributed by atoms with Gasteiger partial charge in [0.25, 0.3) is 6.43 Å². The molecule has 0 aliphatic carbocycles. The first-order valence-electron chi connectivity index (χ1n) is 4.66. The molecule has 1 rings (SSSR count). The van der Waals surface area contributed by atoms with Crippen LogP contribution < -0.4 is 5.32 Å². The molecule has 1 unspecified atom stereocenters. The van der Waals surface area contributed by atoms with E-state index in [1.54, 1.807) is 12.1 Å². The third-order valence-corrected chi connectivity index (χ3v) is 1.96. The van der Waals surface area contributed by atoms with Crippen LogP contribution in [0.1, 0.15) is 11.3 Å². The molecule has 0 aromatic carbocycles. The number of hydrogen-bond donors (Lipinski definition) is 2. The molecule has 4 nitrogen and oxygen atoms in total. The lowest BCUT2D eigenvalue weighted by Gasteiger charge is -2.10. The van der Waals surface area contributed by atoms with Crippen molar-refractivity contribution in [2.24, 2.45) is 0 Å². The number of aliphatic hydroxyl groups excluding tert-OH is 1. The fraction of sp³-hybridized carbons (Fsp3) is 0.400. The van der Waals surface area contributed by atoms with Gasteiger partial charge in [0, 0.05) is 24.8 Å². The molecule has 0 spiro atoms. The number of nitrogens with zero attached hydrogens (tertiary/aromatic N) is 2. The highest BCUT2D eigenvalue weighted by Gasteiger charge is 2.15. The number of aliphatic hydroxyl groups is 1. The first kappa shape index (κ1) is 12.5. The molecule has 2 N–H and O–H groups in total. The molecule has 1 aromatic heterocycles. The zero-order valence-electron chi connectivity index (χ0n) is 8.40. The summed E-state index contributed by atoms with van der Waals surface area (Å²) in [5.41, 5.74) is 0.869. The summed E-state index contributed by atoms with van der Waals surface area (Å²) >= 11 is 0. The number of aromatic nitrogens is 1. The molecule has 1 aromatic rings. The van der Waals surface area contributed by atoms with E-state index in [1.807, 2.05) is 6.07 Å². The van der Waals surface area contributed by atoms with E-state index in [1.165, 1.54) is 6.20 Å². The van der Waals surface area contributed by atoms with Crippen molar-refractivity contribution in [2.75, 3.05) is 6.54 Å². The maximum atomic E-state index is 11.9. The lowest BCUT2D eigenvalue weighted by atomic mass is 10.2. The van der Waals surface area contributed by atoms with Crippen LogP contribution in [0, 0.1) is 11.3 Å². The van der Waals surface area contributed by atoms with Crippen LogP contribution in [-0.4, -0.2) is 29.2 Å². The van der Waals surface area contributed by atoms with Gasteiger partial charge in [0.15, 0.2) is 0 Å². The van der Waals surface area contributed by atoms with Gasteiger partial charge in [-0.15, -0.1) is 0 Å². The van der Waals surface area contributed by atoms with Crippen LogP contribution in [0.3, 0.4) is 0 Å². The Bertz CT molecular complexity index is 379. The third kappa shape index (κ3) is 3.53. The van der Waals surface area contributed by atoms with Crippen molar-refractivity contribution in [2.45, 2.75) is 19.1 Å². The molecular formula is C10H11F2N3O. The minimum absolute atomic E-state index is 0.223. The van der Waals surface area contributed by atoms with Crippen molar-refractivity contribution in [3.05, 3.63) is 29.6 Å². The van der Waals surface area contributed by atoms with Crippen LogP contribution in [-0.2, 0) is 6.54 Å². The van der Waals surface area contributed by atoms with E-state index in [2.05, 4.69) is 10.3 Å². The highest BCUT2D eigenvalue weighted by Crippen LogP contribution is 2.04. The number of halogens is 2. The van der Waals surface area contributed by atoms with E-state index < -0.39 is 12.5 Å². The molecule has 0 bridgehead atoms. The van der Waals surface area contributed by atoms with Gasteiger partial charge in [0.2, 0.25) is 0 Å². The summed E-state index contributed by atoms with van der Waals surface area (Å²) in [6.45, 7) is -0.00204. The van der Waals surface area contributed by atoms with E-state index in [4.69, 9.17) is 10.4 Å². The highest BCUT2D eigenvalue weighted by molar-refractivity contribution is 5.30. The molecule has 1 atom stereocenters. The van der Waals surface area contributed by atoms with E-state index >= 15 is 0 Å². The smallest absolute Gasteiger partial charge is 0.265 e. The predicted molar refractivity (Wildman–Crippen MR) is 52.7 cm³/mol. The normalized spacial score (nSPS) is 12.4. The monoisotopic (exact) mass is 227 g/mol. The van der Waals surface area contributed by atoms with E-state index in [0.717, 1.165) is 0 Å². The fourth-order valence-electron chi connectivity index (χ4n) is 1.13. The lowest BCUT2D eigenvalue weighted by Crippen LogP contribution is -2.31. The summed E-state index contributed by atoms with van der Waals surface area (Å²) in [7, 11) is 0. The SMILES string of the molecule is N#Cc1ncccc1CNCC(O)C(F)F. The second-order valence-electron chi connectivity index (χ2n) is 3.16. The number of alkyl halides is 2. The Balaban J connectivity index is 2.46. The minimum atomic E-state index is -2.77. The van der Waals surface area contributed by atoms with Gasteiger partial charge in [-0.1, -0.05) is 6.07 Å². The summed E-state index contributed by atoms with van der Waals surface area (Å²) in [5, 5.41) is 20.2. The van der Waals surface area contributed by atoms with Gasteiger partial charge in [-0.2, -0.15) is 5.26 Å². The molecule has 0 aliphatic rings. The van der Waals surface area contributed by atoms with Crippen molar-refractivity contribution in [1.29, 1.82) is 5.26 Å². The summed E-state index contributed by atoms with van der Waals surface area (Å²) in [4.78, 5) is 3.82. The van der Waals surface area contributed by atoms with Crippen molar-refractivity contribution >= 4 is 0 Å². The molecule has 16 heavy (non-hydrogen) atoms. The van der Waals surface area contributed by atoms with Crippen molar-refractivity contribution < 1.29 is 13.9 Å². The molecular weight excluding hydrogens is 216 g/mol. The first-order valence-corrected chi connectivity index (χ1v) is 4.66. The molecule has 0 saturated heterocycles. The summed E-state index contributed by atoms with van der Waals surface area (Å²) in [6, 6.07) is 5.22. The Morgan fingerprint density at radius 2 is 2.31 bits per heavy atom. The summed E-state index contributed by atoms with van der Waals surface area (Å²) in [6.07, 6.45) is -2.98. The first-order chi connectivity index (χ1) is 7.65. The van der Waals surface area contributed by atoms with E-state index in [-0.39, 0.29) is 18.8 Å². The lowest BCUT2D eigenvalue weighted by molar-refractivity contribution is -0.00341. The number of nitrogens with one attached hydrogen (secondary N) is 1. The van der Waals surface area contributed by atoms with E-state index in [9.17, 15) is 8.78 Å². The number of nitriles is 1. The predicted octanol–water partition coefficient (Wildman–Crippen LogP) is 0.669. The maximum Gasteiger partial charge on any atom is 0.265 e. The van der Waals surface area contributed by atoms with Gasteiger partial charge in [0.1, 0.15) is 17.9 Å². The van der Waals surface area contributed by atoms with Crippen molar-refractivity contribution in [1.82, 2.24) is 10.3 Å². The van der Waals surface area contributed by atoms with Crippen LogP contribution in [0.5, 0.6) is 0 Å². The molecule has 0 radical (unpaired) electrons. The van der Waals surface area contributed by atoms with Crippen molar-refractivity contribution in [3.8, 4) is 6.07 Å².